The first-order valence-corrected chi connectivity index (χ1v) is 11.6. The molecule has 35 heavy (non-hydrogen) atoms. The number of imide groups is 1. The van der Waals surface area contributed by atoms with Gasteiger partial charge in [0, 0.05) is 30.3 Å². The summed E-state index contributed by atoms with van der Waals surface area (Å²) in [6.45, 7) is 2.96. The number of benzene rings is 2. The molecular weight excluding hydrogens is 446 g/mol. The van der Waals surface area contributed by atoms with Gasteiger partial charge in [-0.3, -0.25) is 24.1 Å². The third-order valence-electron chi connectivity index (χ3n) is 6.58. The van der Waals surface area contributed by atoms with Crippen molar-refractivity contribution in [2.75, 3.05) is 13.1 Å². The summed E-state index contributed by atoms with van der Waals surface area (Å²) >= 11 is 0. The van der Waals surface area contributed by atoms with E-state index < -0.39 is 0 Å². The molecule has 3 heterocycles. The quantitative estimate of drug-likeness (QED) is 0.575. The molecule has 1 aromatic heterocycles. The number of carbonyl (C=O) groups is 4. The van der Waals surface area contributed by atoms with Crippen molar-refractivity contribution in [3.05, 3.63) is 94.4 Å². The van der Waals surface area contributed by atoms with E-state index in [9.17, 15) is 19.2 Å². The molecule has 8 heteroatoms. The van der Waals surface area contributed by atoms with Crippen LogP contribution in [0.4, 0.5) is 0 Å². The van der Waals surface area contributed by atoms with Crippen LogP contribution in [0.15, 0.2) is 65.3 Å². The molecule has 4 amide bonds. The van der Waals surface area contributed by atoms with Crippen molar-refractivity contribution in [1.82, 2.24) is 15.1 Å². The number of hydrogen-bond donors (Lipinski definition) is 1. The van der Waals surface area contributed by atoms with Crippen molar-refractivity contribution in [1.29, 1.82) is 0 Å². The van der Waals surface area contributed by atoms with Crippen LogP contribution in [-0.4, -0.2) is 52.6 Å². The van der Waals surface area contributed by atoms with E-state index in [1.807, 2.05) is 6.92 Å². The number of likely N-dealkylation sites (tertiary alicyclic amines) is 1. The molecule has 0 saturated carbocycles. The van der Waals surface area contributed by atoms with Gasteiger partial charge in [0.2, 0.25) is 0 Å². The lowest BCUT2D eigenvalue weighted by Crippen LogP contribution is -2.46. The molecule has 2 aliphatic heterocycles. The second kappa shape index (κ2) is 9.21. The van der Waals surface area contributed by atoms with Gasteiger partial charge in [0.15, 0.2) is 5.76 Å². The molecule has 178 valence electrons. The number of hydrogen-bond acceptors (Lipinski definition) is 5. The Bertz CT molecular complexity index is 1280. The Balaban J connectivity index is 1.20. The first-order chi connectivity index (χ1) is 16.9. The van der Waals surface area contributed by atoms with E-state index in [1.54, 1.807) is 59.5 Å². The third kappa shape index (κ3) is 4.35. The average Bonchev–Trinajstić information content (AvgIpc) is 3.41. The molecule has 1 N–H and O–H groups in total. The summed E-state index contributed by atoms with van der Waals surface area (Å²) in [6.07, 6.45) is 2.78. The van der Waals surface area contributed by atoms with Crippen molar-refractivity contribution in [2.24, 2.45) is 0 Å². The second-order valence-electron chi connectivity index (χ2n) is 8.92. The van der Waals surface area contributed by atoms with Crippen LogP contribution in [0.5, 0.6) is 0 Å². The van der Waals surface area contributed by atoms with Crippen LogP contribution in [0.3, 0.4) is 0 Å². The second-order valence-corrected chi connectivity index (χ2v) is 8.92. The summed E-state index contributed by atoms with van der Waals surface area (Å²) < 4.78 is 5.25. The molecule has 0 radical (unpaired) electrons. The maximum atomic E-state index is 13.1. The van der Waals surface area contributed by atoms with Gasteiger partial charge in [-0.1, -0.05) is 24.3 Å². The first-order valence-electron chi connectivity index (χ1n) is 11.6. The number of aryl methyl sites for hydroxylation is 1. The number of rotatable bonds is 5. The predicted octanol–water partition coefficient (Wildman–Crippen LogP) is 3.42. The van der Waals surface area contributed by atoms with E-state index in [-0.39, 0.29) is 36.2 Å². The number of nitrogens with zero attached hydrogens (tertiary/aromatic N) is 2. The fourth-order valence-corrected chi connectivity index (χ4v) is 4.63. The SMILES string of the molecule is Cc1ccoc1C(=O)NC1CCN(C(=O)c2cccc(CN3C(=O)c4ccccc4C3=O)c2)CC1. The van der Waals surface area contributed by atoms with Crippen molar-refractivity contribution in [3.8, 4) is 0 Å². The van der Waals surface area contributed by atoms with Gasteiger partial charge in [0.25, 0.3) is 23.6 Å². The van der Waals surface area contributed by atoms with Gasteiger partial charge >= 0.3 is 0 Å². The molecule has 0 atom stereocenters. The minimum atomic E-state index is -0.323. The van der Waals surface area contributed by atoms with E-state index >= 15 is 0 Å². The van der Waals surface area contributed by atoms with Gasteiger partial charge in [0.1, 0.15) is 0 Å². The summed E-state index contributed by atoms with van der Waals surface area (Å²) in [4.78, 5) is 53.8. The normalized spacial score (nSPS) is 15.9. The van der Waals surface area contributed by atoms with Crippen molar-refractivity contribution >= 4 is 23.6 Å². The minimum Gasteiger partial charge on any atom is -0.459 e. The van der Waals surface area contributed by atoms with Crippen molar-refractivity contribution in [2.45, 2.75) is 32.4 Å². The zero-order valence-corrected chi connectivity index (χ0v) is 19.3. The van der Waals surface area contributed by atoms with Gasteiger partial charge in [-0.2, -0.15) is 0 Å². The lowest BCUT2D eigenvalue weighted by Gasteiger charge is -2.32. The number of furan rings is 1. The number of piperidine rings is 1. The number of nitrogens with one attached hydrogen (secondary N) is 1. The Morgan fingerprint density at radius 3 is 2.29 bits per heavy atom. The maximum Gasteiger partial charge on any atom is 0.287 e. The standard InChI is InChI=1S/C27H25N3O5/c1-17-11-14-35-23(17)24(31)28-20-9-12-29(13-10-20)25(32)19-6-4-5-18(15-19)16-30-26(33)21-7-2-3-8-22(21)27(30)34/h2-8,11,14-15,20H,9-10,12-13,16H2,1H3,(H,28,31). The lowest BCUT2D eigenvalue weighted by atomic mass is 10.0. The number of carbonyl (C=O) groups excluding carboxylic acids is 4. The van der Waals surface area contributed by atoms with Crippen LogP contribution in [0.1, 0.15) is 65.6 Å². The molecule has 2 aliphatic rings. The Labute approximate surface area is 202 Å². The zero-order chi connectivity index (χ0) is 24.5. The van der Waals surface area contributed by atoms with Crippen LogP contribution in [0, 0.1) is 6.92 Å². The molecule has 1 fully saturated rings. The number of amides is 4. The number of fused-ring (bicyclic) bond motifs is 1. The van der Waals surface area contributed by atoms with Gasteiger partial charge in [-0.15, -0.1) is 0 Å². The fourth-order valence-electron chi connectivity index (χ4n) is 4.63. The smallest absolute Gasteiger partial charge is 0.287 e. The molecule has 0 aliphatic carbocycles. The monoisotopic (exact) mass is 471 g/mol. The summed E-state index contributed by atoms with van der Waals surface area (Å²) in [6, 6.07) is 15.5. The van der Waals surface area contributed by atoms with Gasteiger partial charge in [-0.25, -0.2) is 0 Å². The minimum absolute atomic E-state index is 0.0313. The van der Waals surface area contributed by atoms with Crippen LogP contribution in [0.2, 0.25) is 0 Å². The Morgan fingerprint density at radius 1 is 0.971 bits per heavy atom. The molecule has 8 nitrogen and oxygen atoms in total. The predicted molar refractivity (Wildman–Crippen MR) is 127 cm³/mol. The Morgan fingerprint density at radius 2 is 1.66 bits per heavy atom. The molecule has 2 aromatic carbocycles. The lowest BCUT2D eigenvalue weighted by molar-refractivity contribution is 0.0641. The summed E-state index contributed by atoms with van der Waals surface area (Å²) in [7, 11) is 0. The first kappa shape index (κ1) is 22.6. The highest BCUT2D eigenvalue weighted by Gasteiger charge is 2.35. The van der Waals surface area contributed by atoms with E-state index in [0.29, 0.717) is 53.9 Å². The molecule has 5 rings (SSSR count). The van der Waals surface area contributed by atoms with Crippen molar-refractivity contribution in [3.63, 3.8) is 0 Å². The Kier molecular flexibility index (Phi) is 5.94. The van der Waals surface area contributed by atoms with Gasteiger partial charge in [-0.05, 0) is 55.7 Å². The van der Waals surface area contributed by atoms with Crippen molar-refractivity contribution < 1.29 is 23.6 Å². The maximum absolute atomic E-state index is 13.1. The van der Waals surface area contributed by atoms with Crippen LogP contribution < -0.4 is 5.32 Å². The highest BCUT2D eigenvalue weighted by atomic mass is 16.3. The highest BCUT2D eigenvalue weighted by Crippen LogP contribution is 2.25. The summed E-state index contributed by atoms with van der Waals surface area (Å²) in [5.41, 5.74) is 2.81. The van der Waals surface area contributed by atoms with E-state index in [4.69, 9.17) is 4.42 Å². The molecule has 0 unspecified atom stereocenters. The fraction of sp³-hybridized carbons (Fsp3) is 0.259. The van der Waals surface area contributed by atoms with Crippen LogP contribution in [-0.2, 0) is 6.54 Å². The average molecular weight is 472 g/mol. The highest BCUT2D eigenvalue weighted by molar-refractivity contribution is 6.21. The molecule has 0 spiro atoms. The molecule has 0 bridgehead atoms. The summed E-state index contributed by atoms with van der Waals surface area (Å²) in [5.74, 6) is -0.676. The molecule has 3 aromatic rings. The molecular formula is C27H25N3O5. The van der Waals surface area contributed by atoms with Crippen LogP contribution >= 0.6 is 0 Å². The molecule has 1 saturated heterocycles. The third-order valence-corrected chi connectivity index (χ3v) is 6.58. The van der Waals surface area contributed by atoms with E-state index in [1.165, 1.54) is 11.2 Å². The largest absolute Gasteiger partial charge is 0.459 e. The van der Waals surface area contributed by atoms with Crippen LogP contribution in [0.25, 0.3) is 0 Å². The Hall–Kier alpha value is -4.20. The summed E-state index contributed by atoms with van der Waals surface area (Å²) in [5, 5.41) is 2.99. The van der Waals surface area contributed by atoms with Gasteiger partial charge in [0.05, 0.1) is 23.9 Å². The van der Waals surface area contributed by atoms with E-state index in [2.05, 4.69) is 5.32 Å². The van der Waals surface area contributed by atoms with E-state index in [0.717, 1.165) is 5.56 Å². The zero-order valence-electron chi connectivity index (χ0n) is 19.3. The van der Waals surface area contributed by atoms with Gasteiger partial charge < -0.3 is 14.6 Å². The topological polar surface area (TPSA) is 99.9 Å².